The molecule has 0 aromatic heterocycles. The minimum Gasteiger partial charge on any atom is -0.463 e. The lowest BCUT2D eigenvalue weighted by Gasteiger charge is -2.26. The summed E-state index contributed by atoms with van der Waals surface area (Å²) in [6, 6.07) is 0. The summed E-state index contributed by atoms with van der Waals surface area (Å²) in [5, 5.41) is 3.30. The third-order valence-electron chi connectivity index (χ3n) is 13.2. The molecular formula is C65H128N2O22. The van der Waals surface area contributed by atoms with E-state index in [1.807, 2.05) is 0 Å². The zero-order valence-corrected chi connectivity index (χ0v) is 55.7. The van der Waals surface area contributed by atoms with Crippen LogP contribution in [0.4, 0.5) is 0 Å². The number of hydrogen-bond acceptors (Lipinski definition) is 24. The molecular weight excluding hydrogens is 1160 g/mol. The summed E-state index contributed by atoms with van der Waals surface area (Å²) in [5.74, 6) is -0.187. The van der Waals surface area contributed by atoms with Crippen LogP contribution in [0.15, 0.2) is 12.2 Å². The predicted molar refractivity (Wildman–Crippen MR) is 341 cm³/mol. The lowest BCUT2D eigenvalue weighted by Crippen LogP contribution is -2.44. The molecule has 0 atom stereocenters. The van der Waals surface area contributed by atoms with Gasteiger partial charge in [0.1, 0.15) is 6.61 Å². The maximum atomic E-state index is 11.8. The van der Waals surface area contributed by atoms with Crippen molar-refractivity contribution < 1.29 is 104 Å². The molecule has 0 amide bonds. The Bertz CT molecular complexity index is 1350. The van der Waals surface area contributed by atoms with Crippen molar-refractivity contribution in [3.8, 4) is 0 Å². The number of nitrogens with zero attached hydrogens (tertiary/aromatic N) is 1. The van der Waals surface area contributed by atoms with Gasteiger partial charge in [0, 0.05) is 39.3 Å². The molecule has 0 spiro atoms. The van der Waals surface area contributed by atoms with Crippen LogP contribution in [0.3, 0.4) is 0 Å². The van der Waals surface area contributed by atoms with Gasteiger partial charge in [-0.3, -0.25) is 4.79 Å². The van der Waals surface area contributed by atoms with Crippen LogP contribution in [-0.4, -0.2) is 314 Å². The lowest BCUT2D eigenvalue weighted by molar-refractivity contribution is -0.145. The number of rotatable bonds is 79. The van der Waals surface area contributed by atoms with E-state index in [1.165, 1.54) is 83.5 Å². The molecule has 1 rings (SSSR count). The molecule has 1 fully saturated rings. The SMILES string of the molecule is CCCCCCCCC=CCCCCCCCCOCCOCCOCCOCCOCCOCCOCCOCCOCCOCCOCCOCCOCCOCCOCCOCCOCCOCCOCCOCCOC(=O)CCN1CCNCC1. The van der Waals surface area contributed by atoms with E-state index >= 15 is 0 Å². The van der Waals surface area contributed by atoms with Gasteiger partial charge < -0.3 is 110 Å². The topological polar surface area (TPSA) is 226 Å². The van der Waals surface area contributed by atoms with Gasteiger partial charge in [-0.2, -0.15) is 0 Å². The Labute approximate surface area is 537 Å². The number of unbranched alkanes of at least 4 members (excludes halogenated alkanes) is 12. The second kappa shape index (κ2) is 78.8. The molecule has 0 radical (unpaired) electrons. The van der Waals surface area contributed by atoms with E-state index in [9.17, 15) is 4.79 Å². The van der Waals surface area contributed by atoms with Crippen molar-refractivity contribution in [3.63, 3.8) is 0 Å². The molecule has 1 aliphatic rings. The van der Waals surface area contributed by atoms with Crippen molar-refractivity contribution >= 4 is 5.97 Å². The van der Waals surface area contributed by atoms with Crippen LogP contribution >= 0.6 is 0 Å². The highest BCUT2D eigenvalue weighted by atomic mass is 16.6. The molecule has 24 heteroatoms. The van der Waals surface area contributed by atoms with Crippen LogP contribution in [0.1, 0.15) is 103 Å². The fourth-order valence-electron chi connectivity index (χ4n) is 8.20. The Morgan fingerprint density at radius 3 is 0.753 bits per heavy atom. The summed E-state index contributed by atoms with van der Waals surface area (Å²) < 4.78 is 116. The fourth-order valence-corrected chi connectivity index (χ4v) is 8.20. The molecule has 89 heavy (non-hydrogen) atoms. The number of nitrogens with one attached hydrogen (secondary N) is 1. The standard InChI is InChI=1S/C65H128N2O22/c1-2-3-4-5-6-7-8-9-10-11-12-13-14-15-16-17-24-69-25-26-70-27-28-71-29-30-72-31-32-73-33-34-74-35-36-75-37-38-76-39-40-77-41-42-78-43-44-79-45-46-80-47-48-81-49-50-82-51-52-83-53-54-84-55-56-85-57-58-86-59-60-87-61-62-88-63-64-89-65(68)18-21-67-22-19-66-20-23-67/h9-10,66H,2-8,11-64H2,1H3. The number of hydrogen-bond donors (Lipinski definition) is 1. The Hall–Kier alpha value is -1.67. The maximum absolute atomic E-state index is 11.8. The van der Waals surface area contributed by atoms with Crippen LogP contribution in [0.2, 0.25) is 0 Å². The van der Waals surface area contributed by atoms with E-state index in [0.29, 0.717) is 264 Å². The summed E-state index contributed by atoms with van der Waals surface area (Å²) in [7, 11) is 0. The molecule has 1 saturated heterocycles. The molecule has 0 unspecified atom stereocenters. The number of carbonyl (C=O) groups excluding carboxylic acids is 1. The molecule has 0 aliphatic carbocycles. The van der Waals surface area contributed by atoms with E-state index in [0.717, 1.165) is 45.8 Å². The maximum Gasteiger partial charge on any atom is 0.307 e. The van der Waals surface area contributed by atoms with E-state index in [-0.39, 0.29) is 12.6 Å². The first-order valence-corrected chi connectivity index (χ1v) is 34.1. The van der Waals surface area contributed by atoms with Gasteiger partial charge in [0.05, 0.1) is 264 Å². The van der Waals surface area contributed by atoms with Gasteiger partial charge >= 0.3 is 5.97 Å². The van der Waals surface area contributed by atoms with Crippen LogP contribution in [0.25, 0.3) is 0 Å². The van der Waals surface area contributed by atoms with Crippen molar-refractivity contribution in [2.24, 2.45) is 0 Å². The summed E-state index contributed by atoms with van der Waals surface area (Å²) in [5.41, 5.74) is 0. The molecule has 0 bridgehead atoms. The first-order valence-electron chi connectivity index (χ1n) is 34.1. The van der Waals surface area contributed by atoms with Crippen molar-refractivity contribution in [1.82, 2.24) is 10.2 Å². The van der Waals surface area contributed by atoms with Gasteiger partial charge in [0.25, 0.3) is 0 Å². The molecule has 24 nitrogen and oxygen atoms in total. The fraction of sp³-hybridized carbons (Fsp3) is 0.954. The van der Waals surface area contributed by atoms with Gasteiger partial charge in [0.2, 0.25) is 0 Å². The number of esters is 1. The van der Waals surface area contributed by atoms with E-state index < -0.39 is 0 Å². The van der Waals surface area contributed by atoms with E-state index in [1.54, 1.807) is 0 Å². The molecule has 530 valence electrons. The van der Waals surface area contributed by atoms with Crippen molar-refractivity contribution in [3.05, 3.63) is 12.2 Å². The predicted octanol–water partition coefficient (Wildman–Crippen LogP) is 6.19. The minimum absolute atomic E-state index is 0.187. The van der Waals surface area contributed by atoms with Gasteiger partial charge in [0.15, 0.2) is 0 Å². The Morgan fingerprint density at radius 1 is 0.281 bits per heavy atom. The molecule has 1 aliphatic heterocycles. The van der Waals surface area contributed by atoms with Gasteiger partial charge in [-0.05, 0) is 32.1 Å². The first kappa shape index (κ1) is 85.3. The number of carbonyl (C=O) groups is 1. The van der Waals surface area contributed by atoms with Crippen molar-refractivity contribution in [2.45, 2.75) is 103 Å². The van der Waals surface area contributed by atoms with E-state index in [2.05, 4.69) is 29.3 Å². The molecule has 0 aromatic carbocycles. The largest absolute Gasteiger partial charge is 0.463 e. The first-order chi connectivity index (χ1) is 44.3. The van der Waals surface area contributed by atoms with Crippen LogP contribution < -0.4 is 5.32 Å². The van der Waals surface area contributed by atoms with Crippen molar-refractivity contribution in [1.29, 1.82) is 0 Å². The second-order valence-electron chi connectivity index (χ2n) is 20.7. The quantitative estimate of drug-likeness (QED) is 0.0407. The lowest BCUT2D eigenvalue weighted by atomic mass is 10.1. The average Bonchev–Trinajstić information content (AvgIpc) is 3.56. The summed E-state index contributed by atoms with van der Waals surface area (Å²) >= 11 is 0. The summed E-state index contributed by atoms with van der Waals surface area (Å²) in [6.07, 6.45) is 23.6. The average molecular weight is 1290 g/mol. The van der Waals surface area contributed by atoms with Crippen LogP contribution in [0, 0.1) is 0 Å². The second-order valence-corrected chi connectivity index (χ2v) is 20.7. The molecule has 0 saturated carbocycles. The van der Waals surface area contributed by atoms with Gasteiger partial charge in [-0.1, -0.05) is 76.9 Å². The zero-order valence-electron chi connectivity index (χ0n) is 55.7. The Kier molecular flexibility index (Phi) is 75.5. The monoisotopic (exact) mass is 1290 g/mol. The molecule has 1 N–H and O–H groups in total. The smallest absolute Gasteiger partial charge is 0.307 e. The normalized spacial score (nSPS) is 13.0. The highest BCUT2D eigenvalue weighted by molar-refractivity contribution is 5.69. The third kappa shape index (κ3) is 75.2. The minimum atomic E-state index is -0.187. The number of ether oxygens (including phenoxy) is 21. The number of allylic oxidation sites excluding steroid dienone is 2. The number of piperazine rings is 1. The highest BCUT2D eigenvalue weighted by Gasteiger charge is 2.12. The summed E-state index contributed by atoms with van der Waals surface area (Å²) in [4.78, 5) is 14.1. The summed E-state index contributed by atoms with van der Waals surface area (Å²) in [6.45, 7) is 27.3. The van der Waals surface area contributed by atoms with Crippen LogP contribution in [-0.2, 0) is 104 Å². The Morgan fingerprint density at radius 2 is 0.494 bits per heavy atom. The van der Waals surface area contributed by atoms with Crippen molar-refractivity contribution in [2.75, 3.05) is 304 Å². The van der Waals surface area contributed by atoms with E-state index in [4.69, 9.17) is 99.5 Å². The molecule has 0 aromatic rings. The molecule has 1 heterocycles. The zero-order chi connectivity index (χ0) is 63.3. The third-order valence-corrected chi connectivity index (χ3v) is 13.2. The van der Waals surface area contributed by atoms with Gasteiger partial charge in [-0.15, -0.1) is 0 Å². The highest BCUT2D eigenvalue weighted by Crippen LogP contribution is 2.10. The Balaban J connectivity index is 1.59. The van der Waals surface area contributed by atoms with Crippen LogP contribution in [0.5, 0.6) is 0 Å². The van der Waals surface area contributed by atoms with Gasteiger partial charge in [-0.25, -0.2) is 0 Å².